The SMILES string of the molecule is COc1ccc(-c2nnc(CCCCN3C[C@@H]4C[C@]4(c4ccc(C(F)(F)F)cc4)C3)n2C)cn1.Cl. The number of hydrogen-bond acceptors (Lipinski definition) is 5. The van der Waals surface area contributed by atoms with Crippen LogP contribution in [0.15, 0.2) is 42.6 Å². The van der Waals surface area contributed by atoms with E-state index in [2.05, 4.69) is 20.1 Å². The van der Waals surface area contributed by atoms with E-state index in [9.17, 15) is 13.2 Å². The van der Waals surface area contributed by atoms with E-state index in [4.69, 9.17) is 4.74 Å². The van der Waals surface area contributed by atoms with Crippen molar-refractivity contribution in [1.82, 2.24) is 24.6 Å². The molecule has 188 valence electrons. The van der Waals surface area contributed by atoms with Gasteiger partial charge in [0.15, 0.2) is 5.82 Å². The number of benzene rings is 1. The highest BCUT2D eigenvalue weighted by atomic mass is 35.5. The van der Waals surface area contributed by atoms with Crippen molar-refractivity contribution in [2.75, 3.05) is 26.7 Å². The fourth-order valence-corrected chi connectivity index (χ4v) is 5.28. The molecule has 0 N–H and O–H groups in total. The van der Waals surface area contributed by atoms with Crippen LogP contribution in [0.4, 0.5) is 13.2 Å². The Morgan fingerprint density at radius 1 is 1.09 bits per heavy atom. The number of pyridine rings is 1. The number of nitrogens with zero attached hydrogens (tertiary/aromatic N) is 5. The molecule has 3 aromatic rings. The molecule has 3 heterocycles. The normalized spacial score (nSPS) is 21.5. The van der Waals surface area contributed by atoms with Crippen molar-refractivity contribution in [2.24, 2.45) is 13.0 Å². The number of alkyl halides is 3. The van der Waals surface area contributed by atoms with Gasteiger partial charge in [0, 0.05) is 49.8 Å². The molecule has 2 aromatic heterocycles. The predicted octanol–water partition coefficient (Wildman–Crippen LogP) is 4.92. The molecule has 0 unspecified atom stereocenters. The van der Waals surface area contributed by atoms with Gasteiger partial charge in [-0.15, -0.1) is 22.6 Å². The molecule has 2 atom stereocenters. The number of likely N-dealkylation sites (tertiary alicyclic amines) is 1. The smallest absolute Gasteiger partial charge is 0.416 e. The number of aryl methyl sites for hydroxylation is 1. The van der Waals surface area contributed by atoms with Crippen molar-refractivity contribution in [2.45, 2.75) is 37.3 Å². The molecular formula is C25H29ClF3N5O. The topological polar surface area (TPSA) is 56.1 Å². The maximum Gasteiger partial charge on any atom is 0.416 e. The molecule has 1 aromatic carbocycles. The Morgan fingerprint density at radius 2 is 1.86 bits per heavy atom. The van der Waals surface area contributed by atoms with Crippen molar-refractivity contribution in [3.63, 3.8) is 0 Å². The van der Waals surface area contributed by atoms with Crippen LogP contribution < -0.4 is 4.74 Å². The summed E-state index contributed by atoms with van der Waals surface area (Å²) in [4.78, 5) is 6.69. The Morgan fingerprint density at radius 3 is 2.51 bits per heavy atom. The Hall–Kier alpha value is -2.65. The van der Waals surface area contributed by atoms with E-state index >= 15 is 0 Å². The minimum absolute atomic E-state index is 0. The molecule has 1 saturated heterocycles. The first-order valence-electron chi connectivity index (χ1n) is 11.6. The standard InChI is InChI=1S/C25H28F3N5O.ClH/c1-32-21(30-31-23(32)17-6-11-22(34-2)29-14-17)5-3-4-12-33-15-20-13-24(20,16-33)18-7-9-19(10-8-18)25(26,27)28;/h6-11,14,20H,3-5,12-13,15-16H2,1-2H3;1H/t20-,24+;/m0./s1. The number of piperidine rings is 1. The van der Waals surface area contributed by atoms with Crippen molar-refractivity contribution < 1.29 is 17.9 Å². The lowest BCUT2D eigenvalue weighted by Crippen LogP contribution is -2.27. The first kappa shape index (κ1) is 25.4. The molecule has 10 heteroatoms. The summed E-state index contributed by atoms with van der Waals surface area (Å²) in [6, 6.07) is 9.53. The number of methoxy groups -OCH3 is 1. The van der Waals surface area contributed by atoms with Gasteiger partial charge in [-0.25, -0.2) is 4.98 Å². The van der Waals surface area contributed by atoms with Crippen LogP contribution in [0.1, 0.15) is 36.2 Å². The molecule has 35 heavy (non-hydrogen) atoms. The second-order valence-electron chi connectivity index (χ2n) is 9.41. The number of halogens is 4. The molecule has 0 spiro atoms. The van der Waals surface area contributed by atoms with E-state index in [1.807, 2.05) is 23.7 Å². The van der Waals surface area contributed by atoms with Gasteiger partial charge in [0.25, 0.3) is 0 Å². The summed E-state index contributed by atoms with van der Waals surface area (Å²) in [5, 5.41) is 8.69. The second kappa shape index (κ2) is 9.78. The number of aromatic nitrogens is 4. The van der Waals surface area contributed by atoms with Gasteiger partial charge >= 0.3 is 6.18 Å². The molecule has 0 bridgehead atoms. The largest absolute Gasteiger partial charge is 0.481 e. The number of hydrogen-bond donors (Lipinski definition) is 0. The summed E-state index contributed by atoms with van der Waals surface area (Å²) < 4.78 is 45.7. The Kier molecular flexibility index (Phi) is 7.11. The summed E-state index contributed by atoms with van der Waals surface area (Å²) in [6.45, 7) is 2.95. The Bertz CT molecular complexity index is 1150. The fourth-order valence-electron chi connectivity index (χ4n) is 5.28. The first-order valence-corrected chi connectivity index (χ1v) is 11.6. The number of unbranched alkanes of at least 4 members (excludes halogenated alkanes) is 1. The highest BCUT2D eigenvalue weighted by molar-refractivity contribution is 5.85. The van der Waals surface area contributed by atoms with Gasteiger partial charge in [-0.2, -0.15) is 13.2 Å². The quantitative estimate of drug-likeness (QED) is 0.405. The lowest BCUT2D eigenvalue weighted by Gasteiger charge is -2.21. The van der Waals surface area contributed by atoms with Crippen LogP contribution in [0, 0.1) is 5.92 Å². The average molecular weight is 508 g/mol. The zero-order valence-electron chi connectivity index (χ0n) is 19.8. The summed E-state index contributed by atoms with van der Waals surface area (Å²) in [6.07, 6.45) is 1.42. The number of fused-ring (bicyclic) bond motifs is 1. The lowest BCUT2D eigenvalue weighted by atomic mass is 9.94. The van der Waals surface area contributed by atoms with E-state index < -0.39 is 11.7 Å². The van der Waals surface area contributed by atoms with E-state index in [0.717, 1.165) is 68.1 Å². The minimum Gasteiger partial charge on any atom is -0.481 e. The van der Waals surface area contributed by atoms with Crippen LogP contribution in [-0.2, 0) is 25.1 Å². The Labute approximate surface area is 208 Å². The molecule has 1 aliphatic carbocycles. The summed E-state index contributed by atoms with van der Waals surface area (Å²) in [5.74, 6) is 2.84. The van der Waals surface area contributed by atoms with Crippen LogP contribution in [0.2, 0.25) is 0 Å². The van der Waals surface area contributed by atoms with Crippen molar-refractivity contribution >= 4 is 12.4 Å². The van der Waals surface area contributed by atoms with Gasteiger partial charge in [-0.05, 0) is 55.5 Å². The van der Waals surface area contributed by atoms with Gasteiger partial charge < -0.3 is 14.2 Å². The maximum atomic E-state index is 12.9. The predicted molar refractivity (Wildman–Crippen MR) is 129 cm³/mol. The third-order valence-corrected chi connectivity index (χ3v) is 7.30. The number of ether oxygens (including phenoxy) is 1. The van der Waals surface area contributed by atoms with Crippen molar-refractivity contribution in [1.29, 1.82) is 0 Å². The van der Waals surface area contributed by atoms with Crippen LogP contribution in [-0.4, -0.2) is 51.4 Å². The fraction of sp³-hybridized carbons (Fsp3) is 0.480. The maximum absolute atomic E-state index is 12.9. The van der Waals surface area contributed by atoms with E-state index in [-0.39, 0.29) is 17.8 Å². The van der Waals surface area contributed by atoms with Crippen LogP contribution in [0.3, 0.4) is 0 Å². The van der Waals surface area contributed by atoms with Gasteiger partial charge in [0.05, 0.1) is 12.7 Å². The third-order valence-electron chi connectivity index (χ3n) is 7.30. The van der Waals surface area contributed by atoms with Gasteiger partial charge in [-0.3, -0.25) is 0 Å². The zero-order chi connectivity index (χ0) is 23.9. The Balaban J connectivity index is 0.00000289. The van der Waals surface area contributed by atoms with E-state index in [1.165, 1.54) is 12.1 Å². The molecule has 2 aliphatic rings. The summed E-state index contributed by atoms with van der Waals surface area (Å²) in [7, 11) is 3.55. The molecule has 0 radical (unpaired) electrons. The van der Waals surface area contributed by atoms with E-state index in [0.29, 0.717) is 11.8 Å². The zero-order valence-corrected chi connectivity index (χ0v) is 20.6. The van der Waals surface area contributed by atoms with Crippen LogP contribution in [0.25, 0.3) is 11.4 Å². The van der Waals surface area contributed by atoms with Gasteiger partial charge in [0.1, 0.15) is 5.82 Å². The number of rotatable bonds is 8. The second-order valence-corrected chi connectivity index (χ2v) is 9.41. The molecule has 6 nitrogen and oxygen atoms in total. The summed E-state index contributed by atoms with van der Waals surface area (Å²) in [5.41, 5.74) is 1.42. The monoisotopic (exact) mass is 507 g/mol. The molecular weight excluding hydrogens is 479 g/mol. The molecule has 1 aliphatic heterocycles. The summed E-state index contributed by atoms with van der Waals surface area (Å²) >= 11 is 0. The average Bonchev–Trinajstić information content (AvgIpc) is 3.21. The highest BCUT2D eigenvalue weighted by Gasteiger charge is 2.60. The molecule has 5 rings (SSSR count). The van der Waals surface area contributed by atoms with Crippen molar-refractivity contribution in [3.05, 3.63) is 59.5 Å². The van der Waals surface area contributed by atoms with Crippen LogP contribution >= 0.6 is 12.4 Å². The first-order chi connectivity index (χ1) is 16.3. The van der Waals surface area contributed by atoms with Crippen molar-refractivity contribution in [3.8, 4) is 17.3 Å². The van der Waals surface area contributed by atoms with Gasteiger partial charge in [-0.1, -0.05) is 12.1 Å². The van der Waals surface area contributed by atoms with E-state index in [1.54, 1.807) is 25.4 Å². The van der Waals surface area contributed by atoms with Crippen LogP contribution in [0.5, 0.6) is 5.88 Å². The third kappa shape index (κ3) is 5.02. The van der Waals surface area contributed by atoms with Gasteiger partial charge in [0.2, 0.25) is 5.88 Å². The molecule has 0 amide bonds. The molecule has 2 fully saturated rings. The lowest BCUT2D eigenvalue weighted by molar-refractivity contribution is -0.137. The minimum atomic E-state index is -4.28. The molecule has 1 saturated carbocycles. The highest BCUT2D eigenvalue weighted by Crippen LogP contribution is 2.59.